The first-order valence-electron chi connectivity index (χ1n) is 12.6. The summed E-state index contributed by atoms with van der Waals surface area (Å²) in [7, 11) is 1.55. The molecule has 0 amide bonds. The van der Waals surface area contributed by atoms with Crippen molar-refractivity contribution in [3.05, 3.63) is 107 Å². The largest absolute Gasteiger partial charge is 0.496 e. The van der Waals surface area contributed by atoms with E-state index in [9.17, 15) is 15.5 Å². The lowest BCUT2D eigenvalue weighted by atomic mass is 9.96. The zero-order chi connectivity index (χ0) is 27.2. The summed E-state index contributed by atoms with van der Waals surface area (Å²) in [6.45, 7) is 4.31. The van der Waals surface area contributed by atoms with Crippen molar-refractivity contribution in [2.24, 2.45) is 4.99 Å². The Morgan fingerprint density at radius 2 is 1.71 bits per heavy atom. The van der Waals surface area contributed by atoms with Gasteiger partial charge >= 0.3 is 0 Å². The van der Waals surface area contributed by atoms with Crippen LogP contribution in [0.2, 0.25) is 0 Å². The van der Waals surface area contributed by atoms with Crippen LogP contribution < -0.4 is 9.47 Å². The molecule has 0 aliphatic rings. The zero-order valence-electron chi connectivity index (χ0n) is 21.8. The molecule has 2 N–H and O–H groups in total. The van der Waals surface area contributed by atoms with Crippen LogP contribution in [0.3, 0.4) is 0 Å². The molecule has 0 saturated carbocycles. The van der Waals surface area contributed by atoms with Gasteiger partial charge in [0.05, 0.1) is 20.3 Å². The second-order valence-corrected chi connectivity index (χ2v) is 8.67. The van der Waals surface area contributed by atoms with Gasteiger partial charge in [0.1, 0.15) is 29.9 Å². The van der Waals surface area contributed by atoms with E-state index in [1.165, 1.54) is 0 Å². The molecule has 196 valence electrons. The van der Waals surface area contributed by atoms with Gasteiger partial charge in [0.15, 0.2) is 0 Å². The average molecular weight is 511 g/mol. The van der Waals surface area contributed by atoms with E-state index < -0.39 is 0 Å². The maximum absolute atomic E-state index is 10.1. The third-order valence-electron chi connectivity index (χ3n) is 6.03. The molecule has 0 aliphatic heterocycles. The van der Waals surface area contributed by atoms with Crippen LogP contribution in [0.25, 0.3) is 11.6 Å². The van der Waals surface area contributed by atoms with Gasteiger partial charge in [-0.1, -0.05) is 60.7 Å². The molecular formula is C32H34N2O4. The van der Waals surface area contributed by atoms with Crippen LogP contribution >= 0.6 is 0 Å². The van der Waals surface area contributed by atoms with Gasteiger partial charge in [-0.05, 0) is 54.2 Å². The Labute approximate surface area is 224 Å². The van der Waals surface area contributed by atoms with Gasteiger partial charge in [-0.15, -0.1) is 6.58 Å². The summed E-state index contributed by atoms with van der Waals surface area (Å²) in [5, 5.41) is 29.6. The molecule has 0 aliphatic carbocycles. The van der Waals surface area contributed by atoms with Crippen molar-refractivity contribution in [3.63, 3.8) is 0 Å². The van der Waals surface area contributed by atoms with Crippen molar-refractivity contribution in [1.29, 1.82) is 5.26 Å². The van der Waals surface area contributed by atoms with E-state index in [1.807, 2.05) is 66.7 Å². The number of aliphatic imine (C=N–C) groups is 1. The number of aliphatic hydroxyl groups is 2. The minimum atomic E-state index is -0.175. The number of rotatable bonds is 14. The van der Waals surface area contributed by atoms with Crippen molar-refractivity contribution >= 4 is 17.4 Å². The highest BCUT2D eigenvalue weighted by atomic mass is 16.5. The van der Waals surface area contributed by atoms with Crippen molar-refractivity contribution in [2.45, 2.75) is 39.1 Å². The maximum atomic E-state index is 10.1. The van der Waals surface area contributed by atoms with E-state index in [0.29, 0.717) is 47.1 Å². The average Bonchev–Trinajstić information content (AvgIpc) is 2.97. The number of allylic oxidation sites excluding steroid dienone is 2. The van der Waals surface area contributed by atoms with Crippen LogP contribution in [-0.2, 0) is 19.8 Å². The van der Waals surface area contributed by atoms with Gasteiger partial charge in [-0.25, -0.2) is 0 Å². The van der Waals surface area contributed by atoms with E-state index in [4.69, 9.17) is 9.47 Å². The van der Waals surface area contributed by atoms with Gasteiger partial charge in [-0.2, -0.15) is 5.26 Å². The first-order valence-corrected chi connectivity index (χ1v) is 12.6. The van der Waals surface area contributed by atoms with E-state index in [1.54, 1.807) is 19.2 Å². The first kappa shape index (κ1) is 28.4. The molecule has 0 aromatic heterocycles. The van der Waals surface area contributed by atoms with Crippen molar-refractivity contribution in [2.75, 3.05) is 13.7 Å². The Morgan fingerprint density at radius 3 is 2.39 bits per heavy atom. The van der Waals surface area contributed by atoms with Gasteiger partial charge < -0.3 is 19.7 Å². The van der Waals surface area contributed by atoms with Crippen LogP contribution in [-0.4, -0.2) is 29.6 Å². The molecule has 3 aromatic carbocycles. The van der Waals surface area contributed by atoms with E-state index in [-0.39, 0.29) is 13.2 Å². The van der Waals surface area contributed by atoms with E-state index in [0.717, 1.165) is 36.0 Å². The number of benzene rings is 3. The summed E-state index contributed by atoms with van der Waals surface area (Å²) in [4.78, 5) is 4.62. The van der Waals surface area contributed by atoms with Gasteiger partial charge in [-0.3, -0.25) is 4.99 Å². The van der Waals surface area contributed by atoms with Crippen LogP contribution in [0.1, 0.15) is 47.1 Å². The third-order valence-corrected chi connectivity index (χ3v) is 6.03. The lowest BCUT2D eigenvalue weighted by molar-refractivity contribution is 0.259. The quantitative estimate of drug-likeness (QED) is 0.118. The number of methoxy groups -OCH3 is 1. The summed E-state index contributed by atoms with van der Waals surface area (Å²) < 4.78 is 11.5. The standard InChI is InChI=1S/C32H34N2O4/c1-3-4-5-9-16-34-30(20-33)29(17-25-12-13-27(21-35)31(18-25)37-2)26-14-15-28(22-36)32(19-26)38-23-24-10-7-6-8-11-24/h3,6-8,10-15,17-19,35-36H,1,4-5,9,16,21-23H2,2H3/b29-17+,34-30+. The van der Waals surface area contributed by atoms with Crippen LogP contribution in [0.15, 0.2) is 84.4 Å². The Balaban J connectivity index is 2.04. The Bertz CT molecular complexity index is 1310. The highest BCUT2D eigenvalue weighted by Gasteiger charge is 2.14. The van der Waals surface area contributed by atoms with Crippen molar-refractivity contribution < 1.29 is 19.7 Å². The fraction of sp³-hybridized carbons (Fsp3) is 0.250. The molecule has 6 heteroatoms. The molecule has 0 heterocycles. The second-order valence-electron chi connectivity index (χ2n) is 8.67. The molecule has 0 spiro atoms. The summed E-state index contributed by atoms with van der Waals surface area (Å²) >= 11 is 0. The number of aliphatic hydroxyl groups excluding tert-OH is 2. The highest BCUT2D eigenvalue weighted by Crippen LogP contribution is 2.30. The summed E-state index contributed by atoms with van der Waals surface area (Å²) in [5.41, 5.74) is 4.80. The number of ether oxygens (including phenoxy) is 2. The topological polar surface area (TPSA) is 95.1 Å². The van der Waals surface area contributed by atoms with Crippen molar-refractivity contribution in [1.82, 2.24) is 0 Å². The van der Waals surface area contributed by atoms with Crippen molar-refractivity contribution in [3.8, 4) is 17.6 Å². The van der Waals surface area contributed by atoms with E-state index >= 15 is 0 Å². The monoisotopic (exact) mass is 510 g/mol. The first-order chi connectivity index (χ1) is 18.6. The lowest BCUT2D eigenvalue weighted by Crippen LogP contribution is -2.04. The lowest BCUT2D eigenvalue weighted by Gasteiger charge is -2.14. The second kappa shape index (κ2) is 15.2. The number of hydrogen-bond donors (Lipinski definition) is 2. The van der Waals surface area contributed by atoms with Crippen LogP contribution in [0, 0.1) is 11.3 Å². The summed E-state index contributed by atoms with van der Waals surface area (Å²) in [5.74, 6) is 1.10. The maximum Gasteiger partial charge on any atom is 0.143 e. The summed E-state index contributed by atoms with van der Waals surface area (Å²) in [6, 6.07) is 23.0. The predicted molar refractivity (Wildman–Crippen MR) is 152 cm³/mol. The third kappa shape index (κ3) is 7.91. The normalized spacial score (nSPS) is 11.6. The number of nitriles is 1. The minimum absolute atomic E-state index is 0.139. The Morgan fingerprint density at radius 1 is 0.974 bits per heavy atom. The molecule has 0 atom stereocenters. The fourth-order valence-corrected chi connectivity index (χ4v) is 3.93. The number of unbranched alkanes of at least 4 members (excludes halogenated alkanes) is 2. The molecular weight excluding hydrogens is 476 g/mol. The van der Waals surface area contributed by atoms with Gasteiger partial charge in [0, 0.05) is 23.2 Å². The van der Waals surface area contributed by atoms with Gasteiger partial charge in [0.25, 0.3) is 0 Å². The predicted octanol–water partition coefficient (Wildman–Crippen LogP) is 6.12. The minimum Gasteiger partial charge on any atom is -0.496 e. The molecule has 6 nitrogen and oxygen atoms in total. The molecule has 0 fully saturated rings. The van der Waals surface area contributed by atoms with Crippen LogP contribution in [0.5, 0.6) is 11.5 Å². The smallest absolute Gasteiger partial charge is 0.143 e. The molecule has 3 rings (SSSR count). The Kier molecular flexibility index (Phi) is 11.3. The SMILES string of the molecule is C=CCCCC/N=C(C#N)/C(=C/c1ccc(CO)c(OC)c1)c1ccc(CO)c(OCc2ccccc2)c1. The molecule has 0 unspecified atom stereocenters. The molecule has 38 heavy (non-hydrogen) atoms. The zero-order valence-corrected chi connectivity index (χ0v) is 21.8. The number of nitrogens with zero attached hydrogens (tertiary/aromatic N) is 2. The summed E-state index contributed by atoms with van der Waals surface area (Å²) in [6.07, 6.45) is 6.46. The fourth-order valence-electron chi connectivity index (χ4n) is 3.93. The van der Waals surface area contributed by atoms with Crippen LogP contribution in [0.4, 0.5) is 0 Å². The molecule has 0 radical (unpaired) electrons. The number of hydrogen-bond acceptors (Lipinski definition) is 6. The van der Waals surface area contributed by atoms with Gasteiger partial charge in [0.2, 0.25) is 0 Å². The molecule has 0 bridgehead atoms. The van der Waals surface area contributed by atoms with E-state index in [2.05, 4.69) is 17.6 Å². The Hall–Kier alpha value is -4.18. The highest BCUT2D eigenvalue weighted by molar-refractivity contribution is 6.34. The molecule has 3 aromatic rings. The molecule has 0 saturated heterocycles.